The molecule has 7 heteroatoms. The largest absolute Gasteiger partial charge is 0.480 e. The van der Waals surface area contributed by atoms with Gasteiger partial charge in [-0.1, -0.05) is 23.7 Å². The van der Waals surface area contributed by atoms with E-state index in [0.29, 0.717) is 36.5 Å². The molecular formula is C20H21ClF2N2O2. The predicted molar refractivity (Wildman–Crippen MR) is 101 cm³/mol. The van der Waals surface area contributed by atoms with Gasteiger partial charge in [-0.3, -0.25) is 9.69 Å². The minimum absolute atomic E-state index is 0.0124. The van der Waals surface area contributed by atoms with Crippen molar-refractivity contribution in [1.29, 1.82) is 0 Å². The van der Waals surface area contributed by atoms with Crippen LogP contribution in [0.4, 0.5) is 14.5 Å². The third-order valence-electron chi connectivity index (χ3n) is 4.92. The van der Waals surface area contributed by atoms with Crippen LogP contribution in [0.25, 0.3) is 0 Å². The Kier molecular flexibility index (Phi) is 6.29. The van der Waals surface area contributed by atoms with Gasteiger partial charge in [0.15, 0.2) is 0 Å². The molecule has 0 amide bonds. The highest BCUT2D eigenvalue weighted by Gasteiger charge is 2.27. The topological polar surface area (TPSA) is 43.8 Å². The molecule has 3 rings (SSSR count). The van der Waals surface area contributed by atoms with Crippen molar-refractivity contribution >= 4 is 23.3 Å². The first-order chi connectivity index (χ1) is 12.9. The number of halogens is 3. The Morgan fingerprint density at radius 3 is 2.52 bits per heavy atom. The average molecular weight is 395 g/mol. The Morgan fingerprint density at radius 1 is 1.19 bits per heavy atom. The van der Waals surface area contributed by atoms with E-state index in [-0.39, 0.29) is 24.9 Å². The summed E-state index contributed by atoms with van der Waals surface area (Å²) in [5.74, 6) is -1.68. The second-order valence-corrected chi connectivity index (χ2v) is 7.10. The van der Waals surface area contributed by atoms with Crippen LogP contribution in [0.15, 0.2) is 42.5 Å². The van der Waals surface area contributed by atoms with Crippen LogP contribution < -0.4 is 4.90 Å². The van der Waals surface area contributed by atoms with Gasteiger partial charge in [0, 0.05) is 41.9 Å². The monoisotopic (exact) mass is 394 g/mol. The smallest absolute Gasteiger partial charge is 0.317 e. The summed E-state index contributed by atoms with van der Waals surface area (Å²) in [6.45, 7) is 1.31. The van der Waals surface area contributed by atoms with Crippen LogP contribution in [0.1, 0.15) is 18.4 Å². The van der Waals surface area contributed by atoms with E-state index >= 15 is 0 Å². The zero-order chi connectivity index (χ0) is 19.4. The number of rotatable bonds is 6. The number of hydrogen-bond donors (Lipinski definition) is 1. The Balaban J connectivity index is 1.70. The molecule has 2 aromatic rings. The number of hydrogen-bond acceptors (Lipinski definition) is 3. The van der Waals surface area contributed by atoms with Gasteiger partial charge in [-0.05, 0) is 43.2 Å². The van der Waals surface area contributed by atoms with Crippen LogP contribution in [0.5, 0.6) is 0 Å². The van der Waals surface area contributed by atoms with Crippen molar-refractivity contribution in [3.63, 3.8) is 0 Å². The Bertz CT molecular complexity index is 790. The van der Waals surface area contributed by atoms with Gasteiger partial charge in [-0.15, -0.1) is 0 Å². The summed E-state index contributed by atoms with van der Waals surface area (Å²) in [5.41, 5.74) is 1.13. The molecule has 1 N–H and O–H groups in total. The summed E-state index contributed by atoms with van der Waals surface area (Å²) in [5, 5.41) is 9.57. The molecule has 1 aliphatic heterocycles. The fraction of sp³-hybridized carbons (Fsp3) is 0.350. The van der Waals surface area contributed by atoms with Gasteiger partial charge < -0.3 is 10.0 Å². The van der Waals surface area contributed by atoms with Gasteiger partial charge in [0.1, 0.15) is 11.6 Å². The summed E-state index contributed by atoms with van der Waals surface area (Å²) in [6.07, 6.45) is 1.41. The zero-order valence-corrected chi connectivity index (χ0v) is 15.5. The number of carboxylic acid groups (broad SMARTS) is 1. The van der Waals surface area contributed by atoms with Crippen molar-refractivity contribution in [1.82, 2.24) is 4.90 Å². The molecule has 2 aromatic carbocycles. The van der Waals surface area contributed by atoms with Gasteiger partial charge in [0.05, 0.1) is 6.54 Å². The van der Waals surface area contributed by atoms with Crippen LogP contribution in [-0.4, -0.2) is 41.7 Å². The number of nitrogens with zero attached hydrogens (tertiary/aromatic N) is 2. The van der Waals surface area contributed by atoms with E-state index < -0.39 is 11.8 Å². The minimum atomic E-state index is -0.963. The molecule has 1 heterocycles. The molecule has 0 aliphatic carbocycles. The van der Waals surface area contributed by atoms with Crippen molar-refractivity contribution in [3.05, 3.63) is 64.7 Å². The molecule has 0 spiro atoms. The van der Waals surface area contributed by atoms with Crippen LogP contribution in [0.3, 0.4) is 0 Å². The summed E-state index contributed by atoms with van der Waals surface area (Å²) >= 11 is 6.11. The fourth-order valence-electron chi connectivity index (χ4n) is 3.54. The molecule has 0 saturated carbocycles. The van der Waals surface area contributed by atoms with Crippen LogP contribution in [-0.2, 0) is 11.3 Å². The normalized spacial score (nSPS) is 15.3. The third-order valence-corrected chi connectivity index (χ3v) is 5.27. The van der Waals surface area contributed by atoms with E-state index in [2.05, 4.69) is 4.90 Å². The van der Waals surface area contributed by atoms with Gasteiger partial charge in [0.2, 0.25) is 0 Å². The lowest BCUT2D eigenvalue weighted by Crippen LogP contribution is -2.46. The van der Waals surface area contributed by atoms with Crippen molar-refractivity contribution in [2.24, 2.45) is 0 Å². The van der Waals surface area contributed by atoms with Crippen molar-refractivity contribution < 1.29 is 18.7 Å². The Morgan fingerprint density at radius 2 is 1.89 bits per heavy atom. The van der Waals surface area contributed by atoms with Crippen molar-refractivity contribution in [2.75, 3.05) is 24.5 Å². The average Bonchev–Trinajstić information content (AvgIpc) is 2.64. The summed E-state index contributed by atoms with van der Waals surface area (Å²) in [6, 6.07) is 10.9. The SMILES string of the molecule is O=C(O)CN(Cc1c(F)cccc1Cl)C1CCN(c2cccc(F)c2)CC1. The molecule has 27 heavy (non-hydrogen) atoms. The third kappa shape index (κ3) is 4.96. The number of aliphatic carboxylic acids is 1. The highest BCUT2D eigenvalue weighted by atomic mass is 35.5. The lowest BCUT2D eigenvalue weighted by Gasteiger charge is -2.39. The Hall–Kier alpha value is -2.18. The highest BCUT2D eigenvalue weighted by molar-refractivity contribution is 6.31. The first-order valence-corrected chi connectivity index (χ1v) is 9.21. The van der Waals surface area contributed by atoms with E-state index in [4.69, 9.17) is 11.6 Å². The molecule has 1 aliphatic rings. The molecule has 0 radical (unpaired) electrons. The molecule has 0 unspecified atom stereocenters. The van der Waals surface area contributed by atoms with Gasteiger partial charge in [-0.2, -0.15) is 0 Å². The lowest BCUT2D eigenvalue weighted by molar-refractivity contribution is -0.139. The first kappa shape index (κ1) is 19.6. The van der Waals surface area contributed by atoms with E-state index in [0.717, 1.165) is 5.69 Å². The predicted octanol–water partition coefficient (Wildman–Crippen LogP) is 4.17. The molecule has 4 nitrogen and oxygen atoms in total. The number of benzene rings is 2. The number of piperidine rings is 1. The van der Waals surface area contributed by atoms with Gasteiger partial charge in [0.25, 0.3) is 0 Å². The summed E-state index contributed by atoms with van der Waals surface area (Å²) in [4.78, 5) is 15.2. The van der Waals surface area contributed by atoms with Crippen LogP contribution >= 0.6 is 11.6 Å². The molecule has 1 saturated heterocycles. The maximum Gasteiger partial charge on any atom is 0.317 e. The molecule has 0 aromatic heterocycles. The number of carboxylic acids is 1. The van der Waals surface area contributed by atoms with Crippen molar-refractivity contribution in [3.8, 4) is 0 Å². The van der Waals surface area contributed by atoms with Crippen molar-refractivity contribution in [2.45, 2.75) is 25.4 Å². The summed E-state index contributed by atoms with van der Waals surface area (Å²) < 4.78 is 27.6. The van der Waals surface area contributed by atoms with Crippen LogP contribution in [0, 0.1) is 11.6 Å². The Labute approximate surface area is 162 Å². The second-order valence-electron chi connectivity index (χ2n) is 6.70. The maximum atomic E-state index is 14.1. The van der Waals surface area contributed by atoms with E-state index in [9.17, 15) is 18.7 Å². The lowest BCUT2D eigenvalue weighted by atomic mass is 10.0. The first-order valence-electron chi connectivity index (χ1n) is 8.83. The summed E-state index contributed by atoms with van der Waals surface area (Å²) in [7, 11) is 0. The fourth-order valence-corrected chi connectivity index (χ4v) is 3.76. The number of carbonyl (C=O) groups is 1. The maximum absolute atomic E-state index is 14.1. The second kappa shape index (κ2) is 8.67. The molecule has 0 bridgehead atoms. The highest BCUT2D eigenvalue weighted by Crippen LogP contribution is 2.26. The van der Waals surface area contributed by atoms with Gasteiger partial charge >= 0.3 is 5.97 Å². The molecule has 1 fully saturated rings. The molecule has 144 valence electrons. The zero-order valence-electron chi connectivity index (χ0n) is 14.7. The van der Waals surface area contributed by atoms with E-state index in [1.54, 1.807) is 17.0 Å². The van der Waals surface area contributed by atoms with E-state index in [1.165, 1.54) is 24.3 Å². The van der Waals surface area contributed by atoms with Gasteiger partial charge in [-0.25, -0.2) is 8.78 Å². The molecule has 0 atom stereocenters. The minimum Gasteiger partial charge on any atom is -0.480 e. The standard InChI is InChI=1S/C20H21ClF2N2O2/c21-18-5-2-6-19(23)17(18)12-25(13-20(26)27)15-7-9-24(10-8-15)16-4-1-3-14(22)11-16/h1-6,11,15H,7-10,12-13H2,(H,26,27). The van der Waals surface area contributed by atoms with E-state index in [1.807, 2.05) is 6.07 Å². The van der Waals surface area contributed by atoms with Crippen LogP contribution in [0.2, 0.25) is 5.02 Å². The quantitative estimate of drug-likeness (QED) is 0.798. The number of anilines is 1. The molecular weight excluding hydrogens is 374 g/mol.